The van der Waals surface area contributed by atoms with Gasteiger partial charge in [0.15, 0.2) is 5.78 Å². The molecule has 0 spiro atoms. The number of carbonyl (C=O) groups is 2. The molecule has 8 rings (SSSR count). The van der Waals surface area contributed by atoms with Crippen molar-refractivity contribution in [1.29, 1.82) is 0 Å². The molecule has 2 aliphatic heterocycles. The van der Waals surface area contributed by atoms with Crippen LogP contribution in [0.2, 0.25) is 0 Å². The van der Waals surface area contributed by atoms with Crippen LogP contribution in [0.4, 0.5) is 0 Å². The number of rotatable bonds is 5. The number of aliphatic hydroxyl groups excluding tert-OH is 2. The third-order valence-corrected chi connectivity index (χ3v) is 14.9. The predicted octanol–water partition coefficient (Wildman–Crippen LogP) is 7.68. The zero-order valence-corrected chi connectivity index (χ0v) is 31.5. The first-order valence-corrected chi connectivity index (χ1v) is 19.0. The molecule has 0 bridgehead atoms. The number of ether oxygens (including phenoxy) is 1. The highest BCUT2D eigenvalue weighted by Gasteiger charge is 2.68. The van der Waals surface area contributed by atoms with Crippen LogP contribution in [0.15, 0.2) is 36.4 Å². The largest absolute Gasteiger partial charge is 0.393 e. The summed E-state index contributed by atoms with van der Waals surface area (Å²) in [6, 6.07) is 1.79. The highest BCUT2D eigenvalue weighted by atomic mass is 16.5. The summed E-state index contributed by atoms with van der Waals surface area (Å²) in [6.45, 7) is 24.3. The number of ketones is 1. The van der Waals surface area contributed by atoms with Crippen molar-refractivity contribution in [3.05, 3.63) is 64.4 Å². The van der Waals surface area contributed by atoms with Crippen molar-refractivity contribution in [1.82, 2.24) is 9.88 Å². The molecule has 1 aromatic heterocycles. The summed E-state index contributed by atoms with van der Waals surface area (Å²) in [6.07, 6.45) is 9.72. The van der Waals surface area contributed by atoms with Crippen LogP contribution < -0.4 is 5.32 Å². The molecule has 2 saturated carbocycles. The average molecular weight is 681 g/mol. The van der Waals surface area contributed by atoms with E-state index in [-0.39, 0.29) is 34.4 Å². The summed E-state index contributed by atoms with van der Waals surface area (Å²) in [7, 11) is 0. The molecule has 3 N–H and O–H groups in total. The number of aromatic nitrogens is 1. The summed E-state index contributed by atoms with van der Waals surface area (Å²) < 4.78 is 8.90. The first-order chi connectivity index (χ1) is 23.3. The molecule has 0 saturated heterocycles. The van der Waals surface area contributed by atoms with Gasteiger partial charge in [-0.3, -0.25) is 9.59 Å². The fourth-order valence-electron chi connectivity index (χ4n) is 12.9. The number of nitrogens with zero attached hydrogens (tertiary/aromatic N) is 1. The Hall–Kier alpha value is -3.00. The minimum atomic E-state index is -0.847. The highest BCUT2D eigenvalue weighted by molar-refractivity contribution is 6.18. The molecule has 6 aliphatic rings. The quantitative estimate of drug-likeness (QED) is 0.222. The van der Waals surface area contributed by atoms with Crippen LogP contribution in [0.3, 0.4) is 0 Å². The first-order valence-electron chi connectivity index (χ1n) is 19.0. The molecular formula is C43H56N2O5. The van der Waals surface area contributed by atoms with Gasteiger partial charge in [0.2, 0.25) is 5.91 Å². The van der Waals surface area contributed by atoms with E-state index in [2.05, 4.69) is 77.1 Å². The van der Waals surface area contributed by atoms with E-state index in [1.165, 1.54) is 11.3 Å². The van der Waals surface area contributed by atoms with Crippen LogP contribution in [-0.4, -0.2) is 50.3 Å². The molecule has 0 unspecified atom stereocenters. The lowest BCUT2D eigenvalue weighted by Crippen LogP contribution is -2.62. The summed E-state index contributed by atoms with van der Waals surface area (Å²) in [4.78, 5) is 27.2. The lowest BCUT2D eigenvalue weighted by atomic mass is 9.40. The molecule has 268 valence electrons. The lowest BCUT2D eigenvalue weighted by molar-refractivity contribution is -0.163. The normalized spacial score (nSPS) is 38.8. The Morgan fingerprint density at radius 2 is 1.84 bits per heavy atom. The Kier molecular flexibility index (Phi) is 7.19. The van der Waals surface area contributed by atoms with Gasteiger partial charge in [0.05, 0.1) is 34.5 Å². The number of amides is 1. The maximum Gasteiger partial charge on any atom is 0.243 e. The highest BCUT2D eigenvalue weighted by Crippen LogP contribution is 2.72. The van der Waals surface area contributed by atoms with Crippen LogP contribution in [-0.2, 0) is 21.4 Å². The average Bonchev–Trinajstić information content (AvgIpc) is 3.68. The van der Waals surface area contributed by atoms with Gasteiger partial charge in [-0.25, -0.2) is 0 Å². The fraction of sp³-hybridized carbons (Fsp3) is 0.628. The van der Waals surface area contributed by atoms with Crippen LogP contribution >= 0.6 is 0 Å². The van der Waals surface area contributed by atoms with Crippen molar-refractivity contribution in [3.8, 4) is 0 Å². The Morgan fingerprint density at radius 3 is 2.52 bits per heavy atom. The van der Waals surface area contributed by atoms with Gasteiger partial charge < -0.3 is 24.8 Å². The zero-order valence-electron chi connectivity index (χ0n) is 31.5. The van der Waals surface area contributed by atoms with Gasteiger partial charge in [0.25, 0.3) is 0 Å². The van der Waals surface area contributed by atoms with E-state index in [1.807, 2.05) is 19.9 Å². The van der Waals surface area contributed by atoms with E-state index in [0.717, 1.165) is 58.9 Å². The van der Waals surface area contributed by atoms with E-state index >= 15 is 0 Å². The fourth-order valence-corrected chi connectivity index (χ4v) is 12.9. The number of carbonyl (C=O) groups excluding carboxylic acids is 2. The van der Waals surface area contributed by atoms with Crippen molar-refractivity contribution in [2.75, 3.05) is 6.54 Å². The molecule has 50 heavy (non-hydrogen) atoms. The standard InChI is InChI=1S/C43H56N2O5/c1-11-44-30(47)13-12-17-41(8)28-15-14-23-19-26-25-20-24-27-21-39(4,5)50-40(6,7)33(27)36(48)31(24)32-35(25)45(34(22(2)3)37(32)49)38(26)43(23,10)42(28,9)18-16-29(41)46/h12-13,20-21,23,28-29,33-34,36,46,48H,2,11,14-19H2,1,3-10H3,(H,44,47)/b13-12+/t23-,28-,29-,33+,34-,36+,41-,42-,43+/m0/s1. The van der Waals surface area contributed by atoms with Gasteiger partial charge in [-0.05, 0) is 132 Å². The smallest absolute Gasteiger partial charge is 0.243 e. The van der Waals surface area contributed by atoms with Crippen molar-refractivity contribution in [2.24, 2.45) is 28.6 Å². The summed E-state index contributed by atoms with van der Waals surface area (Å²) in [5.74, 6) is 0.308. The monoisotopic (exact) mass is 680 g/mol. The maximum absolute atomic E-state index is 14.9. The molecule has 1 amide bonds. The van der Waals surface area contributed by atoms with E-state index < -0.39 is 34.9 Å². The van der Waals surface area contributed by atoms with E-state index in [1.54, 1.807) is 6.08 Å². The SMILES string of the molecule is C=C(C)[C@H]1C(=O)c2c3c(cc4c5c(n1c24)[C@@]1(C)[C@@H](CC[C@H]2[C@](C)(C/C=C/C(=O)NCC)[C@@H](O)CC[C@@]21C)C5)C1=CC(C)(C)OC(C)(C)[C@H]1[C@@H]3O. The molecule has 7 heteroatoms. The van der Waals surface area contributed by atoms with E-state index in [9.17, 15) is 19.8 Å². The van der Waals surface area contributed by atoms with Crippen LogP contribution in [0.25, 0.3) is 16.5 Å². The number of likely N-dealkylation sites (N-methyl/N-ethyl adjacent to an activating group) is 1. The van der Waals surface area contributed by atoms with Gasteiger partial charge in [0.1, 0.15) is 6.04 Å². The Bertz CT molecular complexity index is 1940. The van der Waals surface area contributed by atoms with Crippen molar-refractivity contribution < 1.29 is 24.5 Å². The topological polar surface area (TPSA) is 101 Å². The molecule has 0 radical (unpaired) electrons. The van der Waals surface area contributed by atoms with Crippen LogP contribution in [0.1, 0.15) is 139 Å². The van der Waals surface area contributed by atoms with E-state index in [0.29, 0.717) is 30.9 Å². The molecule has 7 nitrogen and oxygen atoms in total. The number of hydrogen-bond donors (Lipinski definition) is 3. The van der Waals surface area contributed by atoms with Gasteiger partial charge in [-0.1, -0.05) is 39.0 Å². The minimum absolute atomic E-state index is 0.0393. The third kappa shape index (κ3) is 4.09. The Morgan fingerprint density at radius 1 is 1.12 bits per heavy atom. The third-order valence-electron chi connectivity index (χ3n) is 14.9. The number of hydrogen-bond acceptors (Lipinski definition) is 5. The van der Waals surface area contributed by atoms with Crippen molar-refractivity contribution in [2.45, 2.75) is 136 Å². The summed E-state index contributed by atoms with van der Waals surface area (Å²) in [5.41, 5.74) is 6.01. The lowest BCUT2D eigenvalue weighted by Gasteiger charge is -2.65. The number of nitrogens with one attached hydrogen (secondary N) is 1. The molecular weight excluding hydrogens is 624 g/mol. The second-order valence-corrected chi connectivity index (χ2v) is 18.5. The molecule has 1 aromatic carbocycles. The van der Waals surface area contributed by atoms with Gasteiger partial charge >= 0.3 is 0 Å². The molecule has 4 aliphatic carbocycles. The van der Waals surface area contributed by atoms with Crippen molar-refractivity contribution >= 4 is 28.2 Å². The van der Waals surface area contributed by atoms with Gasteiger partial charge in [-0.15, -0.1) is 0 Å². The predicted molar refractivity (Wildman–Crippen MR) is 197 cm³/mol. The number of allylic oxidation sites excluding steroid dienone is 2. The zero-order chi connectivity index (χ0) is 36.1. The first kappa shape index (κ1) is 34.1. The molecule has 2 aromatic rings. The summed E-state index contributed by atoms with van der Waals surface area (Å²) in [5, 5.41) is 27.9. The second-order valence-electron chi connectivity index (χ2n) is 18.5. The number of Topliss-reactive ketones (excluding diaryl/α,β-unsaturated/α-hetero) is 1. The molecule has 9 atom stereocenters. The molecule has 2 fully saturated rings. The number of fused-ring (bicyclic) bond motifs is 11. The second kappa shape index (κ2) is 10.5. The van der Waals surface area contributed by atoms with Crippen molar-refractivity contribution in [3.63, 3.8) is 0 Å². The maximum atomic E-state index is 14.9. The van der Waals surface area contributed by atoms with E-state index in [4.69, 9.17) is 4.74 Å². The van der Waals surface area contributed by atoms with Gasteiger partial charge in [0, 0.05) is 39.9 Å². The molecule has 3 heterocycles. The van der Waals surface area contributed by atoms with Crippen LogP contribution in [0.5, 0.6) is 0 Å². The Labute approximate surface area is 297 Å². The number of aliphatic hydroxyl groups is 2. The Balaban J connectivity index is 1.33. The van der Waals surface area contributed by atoms with Crippen LogP contribution in [0, 0.1) is 28.6 Å². The van der Waals surface area contributed by atoms with Gasteiger partial charge in [-0.2, -0.15) is 0 Å². The summed E-state index contributed by atoms with van der Waals surface area (Å²) >= 11 is 0. The number of benzene rings is 1. The minimum Gasteiger partial charge on any atom is -0.393 e.